The van der Waals surface area contributed by atoms with E-state index in [1.165, 1.54) is 12.3 Å². The quantitative estimate of drug-likeness (QED) is 0.776. The summed E-state index contributed by atoms with van der Waals surface area (Å²) in [7, 11) is 0. The highest BCUT2D eigenvalue weighted by molar-refractivity contribution is 6.30. The van der Waals surface area contributed by atoms with E-state index < -0.39 is 12.5 Å². The fourth-order valence-corrected chi connectivity index (χ4v) is 0.809. The van der Waals surface area contributed by atoms with Gasteiger partial charge in [0.05, 0.1) is 11.6 Å². The first-order valence-electron chi connectivity index (χ1n) is 3.26. The van der Waals surface area contributed by atoms with Crippen molar-refractivity contribution < 1.29 is 8.78 Å². The standard InChI is InChI=1S/C7H7ClF2N2/c8-5-1-2-6(12-3-5)7(9,10)4-11/h1-3H,4,11H2. The van der Waals surface area contributed by atoms with Crippen LogP contribution in [0.3, 0.4) is 0 Å². The molecule has 5 heteroatoms. The first-order valence-corrected chi connectivity index (χ1v) is 3.64. The Labute approximate surface area is 73.4 Å². The monoisotopic (exact) mass is 192 g/mol. The van der Waals surface area contributed by atoms with Crippen LogP contribution in [0.5, 0.6) is 0 Å². The summed E-state index contributed by atoms with van der Waals surface area (Å²) in [5, 5.41) is 0.326. The van der Waals surface area contributed by atoms with Gasteiger partial charge in [-0.15, -0.1) is 0 Å². The summed E-state index contributed by atoms with van der Waals surface area (Å²) in [6, 6.07) is 2.52. The molecule has 0 aliphatic carbocycles. The summed E-state index contributed by atoms with van der Waals surface area (Å²) < 4.78 is 25.6. The molecule has 0 amide bonds. The minimum absolute atomic E-state index is 0.326. The molecule has 0 fully saturated rings. The molecular weight excluding hydrogens is 186 g/mol. The van der Waals surface area contributed by atoms with Crippen LogP contribution in [0.1, 0.15) is 5.69 Å². The Morgan fingerprint density at radius 1 is 1.50 bits per heavy atom. The molecule has 0 saturated heterocycles. The van der Waals surface area contributed by atoms with Crippen LogP contribution < -0.4 is 5.73 Å². The van der Waals surface area contributed by atoms with Gasteiger partial charge in [-0.2, -0.15) is 8.78 Å². The Morgan fingerprint density at radius 2 is 2.17 bits per heavy atom. The second-order valence-electron chi connectivity index (χ2n) is 2.27. The molecule has 1 aromatic rings. The van der Waals surface area contributed by atoms with E-state index in [1.54, 1.807) is 0 Å². The normalized spacial score (nSPS) is 11.7. The molecule has 1 heterocycles. The van der Waals surface area contributed by atoms with Crippen LogP contribution in [-0.4, -0.2) is 11.5 Å². The van der Waals surface area contributed by atoms with Crippen molar-refractivity contribution in [3.05, 3.63) is 29.0 Å². The molecule has 0 bridgehead atoms. The van der Waals surface area contributed by atoms with Gasteiger partial charge in [0.2, 0.25) is 0 Å². The highest BCUT2D eigenvalue weighted by Gasteiger charge is 2.30. The number of hydrogen-bond acceptors (Lipinski definition) is 2. The van der Waals surface area contributed by atoms with E-state index in [4.69, 9.17) is 17.3 Å². The maximum Gasteiger partial charge on any atom is 0.301 e. The van der Waals surface area contributed by atoms with Crippen LogP contribution >= 0.6 is 11.6 Å². The average molecular weight is 193 g/mol. The fraction of sp³-hybridized carbons (Fsp3) is 0.286. The van der Waals surface area contributed by atoms with Crippen molar-refractivity contribution in [2.45, 2.75) is 5.92 Å². The summed E-state index contributed by atoms with van der Waals surface area (Å²) >= 11 is 5.47. The Kier molecular flexibility index (Phi) is 2.59. The number of halogens is 3. The van der Waals surface area contributed by atoms with Crippen molar-refractivity contribution in [1.82, 2.24) is 4.98 Å². The molecule has 0 aliphatic rings. The van der Waals surface area contributed by atoms with Crippen LogP contribution in [0.4, 0.5) is 8.78 Å². The fourth-order valence-electron chi connectivity index (χ4n) is 0.697. The molecule has 0 saturated carbocycles. The van der Waals surface area contributed by atoms with Gasteiger partial charge in [0, 0.05) is 6.20 Å². The Morgan fingerprint density at radius 3 is 2.58 bits per heavy atom. The molecule has 1 rings (SSSR count). The smallest absolute Gasteiger partial charge is 0.301 e. The predicted octanol–water partition coefficient (Wildman–Crippen LogP) is 1.79. The lowest BCUT2D eigenvalue weighted by Crippen LogP contribution is -2.26. The highest BCUT2D eigenvalue weighted by atomic mass is 35.5. The lowest BCUT2D eigenvalue weighted by Gasteiger charge is -2.12. The first-order chi connectivity index (χ1) is 5.56. The number of alkyl halides is 2. The maximum absolute atomic E-state index is 12.8. The lowest BCUT2D eigenvalue weighted by molar-refractivity contribution is 0.00139. The zero-order chi connectivity index (χ0) is 9.19. The van der Waals surface area contributed by atoms with Crippen molar-refractivity contribution in [2.75, 3.05) is 6.54 Å². The molecule has 1 aromatic heterocycles. The van der Waals surface area contributed by atoms with Gasteiger partial charge in [0.25, 0.3) is 0 Å². The molecule has 0 aromatic carbocycles. The molecule has 0 atom stereocenters. The Balaban J connectivity index is 2.96. The SMILES string of the molecule is NCC(F)(F)c1ccc(Cl)cn1. The number of hydrogen-bond donors (Lipinski definition) is 1. The summed E-state index contributed by atoms with van der Waals surface area (Å²) in [6.07, 6.45) is 1.17. The van der Waals surface area contributed by atoms with Crippen molar-refractivity contribution in [3.63, 3.8) is 0 Å². The molecular formula is C7H7ClF2N2. The second kappa shape index (κ2) is 3.33. The van der Waals surface area contributed by atoms with E-state index in [-0.39, 0.29) is 5.69 Å². The molecule has 0 aliphatic heterocycles. The van der Waals surface area contributed by atoms with E-state index >= 15 is 0 Å². The van der Waals surface area contributed by atoms with E-state index in [2.05, 4.69) is 4.98 Å². The molecule has 0 spiro atoms. The zero-order valence-corrected chi connectivity index (χ0v) is 6.85. The van der Waals surface area contributed by atoms with Gasteiger partial charge in [0.1, 0.15) is 5.69 Å². The van der Waals surface area contributed by atoms with Gasteiger partial charge in [0.15, 0.2) is 0 Å². The van der Waals surface area contributed by atoms with Gasteiger partial charge in [-0.3, -0.25) is 4.98 Å². The Bertz CT molecular complexity index is 261. The summed E-state index contributed by atoms with van der Waals surface area (Å²) in [5.41, 5.74) is 4.50. The minimum Gasteiger partial charge on any atom is -0.325 e. The third-order valence-corrected chi connectivity index (χ3v) is 1.58. The number of aromatic nitrogens is 1. The van der Waals surface area contributed by atoms with E-state index in [1.807, 2.05) is 0 Å². The molecule has 66 valence electrons. The minimum atomic E-state index is -3.06. The van der Waals surface area contributed by atoms with Gasteiger partial charge in [-0.05, 0) is 12.1 Å². The van der Waals surface area contributed by atoms with Crippen molar-refractivity contribution in [1.29, 1.82) is 0 Å². The van der Waals surface area contributed by atoms with Gasteiger partial charge >= 0.3 is 5.92 Å². The largest absolute Gasteiger partial charge is 0.325 e. The zero-order valence-electron chi connectivity index (χ0n) is 6.10. The van der Waals surface area contributed by atoms with Gasteiger partial charge in [-0.1, -0.05) is 11.6 Å². The van der Waals surface area contributed by atoms with Gasteiger partial charge in [-0.25, -0.2) is 0 Å². The third kappa shape index (κ3) is 1.89. The summed E-state index contributed by atoms with van der Waals surface area (Å²) in [4.78, 5) is 3.46. The van der Waals surface area contributed by atoms with E-state index in [9.17, 15) is 8.78 Å². The van der Waals surface area contributed by atoms with Crippen LogP contribution in [0.25, 0.3) is 0 Å². The van der Waals surface area contributed by atoms with Crippen molar-refractivity contribution >= 4 is 11.6 Å². The number of rotatable bonds is 2. The average Bonchev–Trinajstić information content (AvgIpc) is 2.05. The summed E-state index contributed by atoms with van der Waals surface area (Å²) in [5.74, 6) is -3.06. The number of pyridine rings is 1. The first kappa shape index (κ1) is 9.35. The summed E-state index contributed by atoms with van der Waals surface area (Å²) in [6.45, 7) is -0.748. The molecule has 2 nitrogen and oxygen atoms in total. The highest BCUT2D eigenvalue weighted by Crippen LogP contribution is 2.24. The van der Waals surface area contributed by atoms with Crippen LogP contribution in [0, 0.1) is 0 Å². The van der Waals surface area contributed by atoms with Crippen LogP contribution in [0.15, 0.2) is 18.3 Å². The lowest BCUT2D eigenvalue weighted by atomic mass is 10.2. The molecule has 12 heavy (non-hydrogen) atoms. The second-order valence-corrected chi connectivity index (χ2v) is 2.71. The number of nitrogens with two attached hydrogens (primary N) is 1. The van der Waals surface area contributed by atoms with Crippen molar-refractivity contribution in [3.8, 4) is 0 Å². The van der Waals surface area contributed by atoms with Crippen molar-refractivity contribution in [2.24, 2.45) is 5.73 Å². The number of nitrogens with zero attached hydrogens (tertiary/aromatic N) is 1. The van der Waals surface area contributed by atoms with Crippen LogP contribution in [-0.2, 0) is 5.92 Å². The molecule has 0 unspecified atom stereocenters. The molecule has 2 N–H and O–H groups in total. The maximum atomic E-state index is 12.8. The predicted molar refractivity (Wildman–Crippen MR) is 42.2 cm³/mol. The topological polar surface area (TPSA) is 38.9 Å². The van der Waals surface area contributed by atoms with E-state index in [0.29, 0.717) is 5.02 Å². The van der Waals surface area contributed by atoms with Crippen LogP contribution in [0.2, 0.25) is 5.02 Å². The Hall–Kier alpha value is -0.740. The van der Waals surface area contributed by atoms with Gasteiger partial charge < -0.3 is 5.73 Å². The third-order valence-electron chi connectivity index (χ3n) is 1.36. The molecule has 0 radical (unpaired) electrons. The van der Waals surface area contributed by atoms with E-state index in [0.717, 1.165) is 6.07 Å².